The van der Waals surface area contributed by atoms with Crippen molar-refractivity contribution in [1.29, 1.82) is 0 Å². The molecule has 228 valence electrons. The van der Waals surface area contributed by atoms with E-state index in [-0.39, 0.29) is 6.54 Å². The number of alkyl halides is 4. The molecule has 8 N–H and O–H groups in total. The molecule has 0 heterocycles. The molecule has 42 heavy (non-hydrogen) atoms. The number of nitrogens with zero attached hydrogens (tertiary/aromatic N) is 1. The number of carbonyl (C=O) groups excluding carboxylic acids is 4. The predicted molar refractivity (Wildman–Crippen MR) is 137 cm³/mol. The van der Waals surface area contributed by atoms with Gasteiger partial charge in [-0.25, -0.2) is 4.39 Å². The first-order chi connectivity index (χ1) is 19.5. The molecule has 1 fully saturated rings. The van der Waals surface area contributed by atoms with Crippen molar-refractivity contribution in [3.8, 4) is 5.75 Å². The number of halogens is 4. The normalized spacial score (nSPS) is 25.8. The molecule has 3 aliphatic rings. The van der Waals surface area contributed by atoms with Gasteiger partial charge in [0.1, 0.15) is 29.5 Å². The number of fused-ring (bicyclic) bond motifs is 3. The highest BCUT2D eigenvalue weighted by Gasteiger charge is 2.64. The fourth-order valence-electron chi connectivity index (χ4n) is 6.12. The van der Waals surface area contributed by atoms with E-state index < -0.39 is 130 Å². The van der Waals surface area contributed by atoms with Gasteiger partial charge >= 0.3 is 6.18 Å². The Labute approximate surface area is 235 Å². The Hall–Kier alpha value is -4.02. The Kier molecular flexibility index (Phi) is 7.86. The largest absolute Gasteiger partial charge is 0.508 e. The van der Waals surface area contributed by atoms with Crippen LogP contribution in [0.15, 0.2) is 23.0 Å². The van der Waals surface area contributed by atoms with Gasteiger partial charge in [-0.3, -0.25) is 24.1 Å². The molecule has 16 heteroatoms. The van der Waals surface area contributed by atoms with Crippen molar-refractivity contribution in [3.63, 3.8) is 0 Å². The number of nitrogens with two attached hydrogens (primary N) is 1. The number of Topliss-reactive ketones (excluding diaryl/α,β-unsaturated/α-hetero) is 2. The number of phenols is 1. The van der Waals surface area contributed by atoms with Gasteiger partial charge in [0.05, 0.1) is 29.4 Å². The minimum absolute atomic E-state index is 0.225. The Balaban J connectivity index is 1.93. The third kappa shape index (κ3) is 4.68. The summed E-state index contributed by atoms with van der Waals surface area (Å²) in [6, 6.07) is -0.942. The number of rotatable bonds is 7. The van der Waals surface area contributed by atoms with E-state index in [1.807, 2.05) is 0 Å². The molecule has 0 aliphatic heterocycles. The molecule has 3 aliphatic carbocycles. The minimum atomic E-state index is -5.06. The van der Waals surface area contributed by atoms with Crippen LogP contribution in [0.5, 0.6) is 5.75 Å². The Morgan fingerprint density at radius 1 is 1.19 bits per heavy atom. The second-order valence-corrected chi connectivity index (χ2v) is 10.5. The lowest BCUT2D eigenvalue weighted by molar-refractivity contribution is -0.153. The zero-order valence-corrected chi connectivity index (χ0v) is 22.3. The third-order valence-corrected chi connectivity index (χ3v) is 7.86. The first-order valence-electron chi connectivity index (χ1n) is 12.7. The van der Waals surface area contributed by atoms with Crippen LogP contribution in [0.1, 0.15) is 23.1 Å². The number of aliphatic hydroxyl groups is 3. The lowest BCUT2D eigenvalue weighted by atomic mass is 9.57. The van der Waals surface area contributed by atoms with E-state index in [0.29, 0.717) is 6.07 Å². The average molecular weight is 601 g/mol. The van der Waals surface area contributed by atoms with Crippen molar-refractivity contribution in [1.82, 2.24) is 10.2 Å². The number of amides is 2. The predicted octanol–water partition coefficient (Wildman–Crippen LogP) is 0.480. The summed E-state index contributed by atoms with van der Waals surface area (Å²) in [6.07, 6.45) is -6.06. The van der Waals surface area contributed by atoms with Crippen molar-refractivity contribution in [3.05, 3.63) is 39.7 Å². The Bertz CT molecular complexity index is 1450. The Morgan fingerprint density at radius 2 is 1.83 bits per heavy atom. The molecule has 1 saturated carbocycles. The van der Waals surface area contributed by atoms with Gasteiger partial charge in [0, 0.05) is 18.0 Å². The lowest BCUT2D eigenvalue weighted by Gasteiger charge is -2.50. The molecule has 0 aromatic heterocycles. The second-order valence-electron chi connectivity index (χ2n) is 10.5. The minimum Gasteiger partial charge on any atom is -0.508 e. The molecule has 2 amide bonds. The van der Waals surface area contributed by atoms with Gasteiger partial charge in [-0.1, -0.05) is 0 Å². The molecule has 4 rings (SSSR count). The number of aromatic hydroxyl groups is 1. The van der Waals surface area contributed by atoms with Gasteiger partial charge in [0.2, 0.25) is 11.7 Å². The van der Waals surface area contributed by atoms with E-state index in [1.54, 1.807) is 0 Å². The van der Waals surface area contributed by atoms with Crippen LogP contribution in [0, 0.1) is 11.8 Å². The zero-order chi connectivity index (χ0) is 31.5. The van der Waals surface area contributed by atoms with Crippen LogP contribution < -0.4 is 16.4 Å². The number of hydrogen-bond donors (Lipinski definition) is 7. The number of hydrogen-bond acceptors (Lipinski definition) is 10. The van der Waals surface area contributed by atoms with Crippen molar-refractivity contribution in [2.24, 2.45) is 17.6 Å². The fraction of sp³-hybridized carbons (Fsp3) is 0.462. The van der Waals surface area contributed by atoms with Gasteiger partial charge in [-0.15, -0.1) is 0 Å². The summed E-state index contributed by atoms with van der Waals surface area (Å²) in [5, 5.41) is 49.0. The summed E-state index contributed by atoms with van der Waals surface area (Å²) in [5.74, 6) is -11.0. The first-order valence-corrected chi connectivity index (χ1v) is 12.7. The fourth-order valence-corrected chi connectivity index (χ4v) is 6.12. The van der Waals surface area contributed by atoms with Gasteiger partial charge < -0.3 is 36.8 Å². The van der Waals surface area contributed by atoms with Crippen LogP contribution >= 0.6 is 0 Å². The van der Waals surface area contributed by atoms with E-state index in [9.17, 15) is 57.2 Å². The standard InChI is InChI=1S/C26H28F4N4O8/c1-34(2)18-12-6-9-5-10-11(26(28,29)30)7-13(33-14(35)8-32-4-3-27)19(36)16(10)20(37)15(9)22(39)25(12,42)23(40)17(21(18)38)24(31)41/h7,9,12,18,32,36-37,40,42H,3-6,8H2,1-2H3,(H2,31,41)(H,33,35)/t9-,12-,18-,25-/m0/s1. The number of likely N-dealkylation sites (N-methyl/N-ethyl adjacent to an activating group) is 1. The van der Waals surface area contributed by atoms with Crippen LogP contribution in [0.3, 0.4) is 0 Å². The van der Waals surface area contributed by atoms with Crippen molar-refractivity contribution >= 4 is 34.8 Å². The maximum atomic E-state index is 14.2. The molecule has 0 radical (unpaired) electrons. The van der Waals surface area contributed by atoms with E-state index >= 15 is 0 Å². The third-order valence-electron chi connectivity index (χ3n) is 7.86. The Morgan fingerprint density at radius 3 is 2.38 bits per heavy atom. The highest BCUT2D eigenvalue weighted by Crippen LogP contribution is 2.55. The number of anilines is 1. The molecular formula is C26H28F4N4O8. The number of phenolic OH excluding ortho intramolecular Hbond substituents is 1. The van der Waals surface area contributed by atoms with Crippen molar-refractivity contribution in [2.45, 2.75) is 30.7 Å². The quantitative estimate of drug-likeness (QED) is 0.0999. The lowest BCUT2D eigenvalue weighted by Crippen LogP contribution is -2.65. The van der Waals surface area contributed by atoms with Gasteiger partial charge in [-0.05, 0) is 44.5 Å². The maximum Gasteiger partial charge on any atom is 0.416 e. The molecule has 4 atom stereocenters. The van der Waals surface area contributed by atoms with E-state index in [1.165, 1.54) is 19.0 Å². The monoisotopic (exact) mass is 600 g/mol. The molecular weight excluding hydrogens is 572 g/mol. The van der Waals surface area contributed by atoms with Gasteiger partial charge in [-0.2, -0.15) is 13.2 Å². The molecule has 0 bridgehead atoms. The van der Waals surface area contributed by atoms with Crippen molar-refractivity contribution < 1.29 is 57.2 Å². The molecule has 1 aromatic rings. The molecule has 0 unspecified atom stereocenters. The summed E-state index contributed by atoms with van der Waals surface area (Å²) in [7, 11) is 2.77. The molecule has 0 spiro atoms. The first kappa shape index (κ1) is 30.9. The SMILES string of the molecule is CN(C)[C@@H]1C(=O)C(C(N)=O)=C(O)[C@@]2(O)C(=O)C3=C(O)c4c(O)c(NC(=O)CNCCF)cc(C(F)(F)F)c4C[C@H]3C[C@@H]12. The average Bonchev–Trinajstić information content (AvgIpc) is 2.86. The van der Waals surface area contributed by atoms with Crippen LogP contribution in [-0.2, 0) is 31.8 Å². The van der Waals surface area contributed by atoms with Crippen LogP contribution in [0.2, 0.25) is 0 Å². The summed E-state index contributed by atoms with van der Waals surface area (Å²) in [4.78, 5) is 52.5. The van der Waals surface area contributed by atoms with Crippen LogP contribution in [-0.4, -0.2) is 94.2 Å². The number of nitrogens with one attached hydrogen (secondary N) is 2. The van der Waals surface area contributed by atoms with E-state index in [4.69, 9.17) is 5.73 Å². The number of benzene rings is 1. The smallest absolute Gasteiger partial charge is 0.416 e. The molecule has 0 saturated heterocycles. The summed E-state index contributed by atoms with van der Waals surface area (Å²) < 4.78 is 55.0. The zero-order valence-electron chi connectivity index (χ0n) is 22.3. The number of primary amides is 1. The second kappa shape index (κ2) is 10.7. The molecule has 12 nitrogen and oxygen atoms in total. The van der Waals surface area contributed by atoms with E-state index in [2.05, 4.69) is 10.6 Å². The number of aliphatic hydroxyl groups excluding tert-OH is 2. The number of carbonyl (C=O) groups is 4. The molecule has 1 aromatic carbocycles. The maximum absolute atomic E-state index is 14.2. The topological polar surface area (TPSA) is 203 Å². The summed E-state index contributed by atoms with van der Waals surface area (Å²) >= 11 is 0. The summed E-state index contributed by atoms with van der Waals surface area (Å²) in [6.45, 7) is -1.57. The van der Waals surface area contributed by atoms with Crippen LogP contribution in [0.25, 0.3) is 5.76 Å². The van der Waals surface area contributed by atoms with Crippen LogP contribution in [0.4, 0.5) is 23.2 Å². The summed E-state index contributed by atoms with van der Waals surface area (Å²) in [5.41, 5.74) is -2.97. The van der Waals surface area contributed by atoms with Gasteiger partial charge in [0.15, 0.2) is 11.4 Å². The van der Waals surface area contributed by atoms with Crippen molar-refractivity contribution in [2.75, 3.05) is 39.2 Å². The number of ketones is 2. The van der Waals surface area contributed by atoms with Gasteiger partial charge in [0.25, 0.3) is 5.91 Å². The van der Waals surface area contributed by atoms with E-state index in [0.717, 1.165) is 0 Å². The highest BCUT2D eigenvalue weighted by molar-refractivity contribution is 6.24. The highest BCUT2D eigenvalue weighted by atomic mass is 19.4.